The number of rotatable bonds is 9. The predicted molar refractivity (Wildman–Crippen MR) is 97.7 cm³/mol. The van der Waals surface area contributed by atoms with Gasteiger partial charge in [0.1, 0.15) is 18.1 Å². The van der Waals surface area contributed by atoms with Crippen molar-refractivity contribution in [2.24, 2.45) is 5.10 Å². The van der Waals surface area contributed by atoms with Crippen molar-refractivity contribution in [1.82, 2.24) is 4.83 Å². The second-order valence-corrected chi connectivity index (χ2v) is 6.59. The van der Waals surface area contributed by atoms with E-state index in [4.69, 9.17) is 9.47 Å². The summed E-state index contributed by atoms with van der Waals surface area (Å²) in [5.41, 5.74) is 0.705. The normalized spacial score (nSPS) is 11.2. The van der Waals surface area contributed by atoms with Gasteiger partial charge in [-0.1, -0.05) is 24.8 Å². The lowest BCUT2D eigenvalue weighted by atomic mass is 10.2. The number of nitrogens with zero attached hydrogens (tertiary/aromatic N) is 1. The first-order chi connectivity index (χ1) is 12.0. The Labute approximate surface area is 147 Å². The first-order valence-electron chi connectivity index (χ1n) is 7.66. The molecule has 0 atom stereocenters. The minimum atomic E-state index is -3.73. The molecule has 0 bridgehead atoms. The van der Waals surface area contributed by atoms with E-state index in [1.165, 1.54) is 18.3 Å². The van der Waals surface area contributed by atoms with Gasteiger partial charge in [0.15, 0.2) is 0 Å². The molecule has 0 fully saturated rings. The fourth-order valence-electron chi connectivity index (χ4n) is 1.94. The minimum Gasteiger partial charge on any atom is -0.494 e. The Hall–Kier alpha value is -2.80. The van der Waals surface area contributed by atoms with Crippen molar-refractivity contribution in [3.63, 3.8) is 0 Å². The molecule has 25 heavy (non-hydrogen) atoms. The fourth-order valence-corrected chi connectivity index (χ4v) is 2.74. The van der Waals surface area contributed by atoms with Crippen LogP contribution in [0, 0.1) is 0 Å². The van der Waals surface area contributed by atoms with Gasteiger partial charge in [0.25, 0.3) is 10.0 Å². The zero-order valence-corrected chi connectivity index (χ0v) is 14.7. The van der Waals surface area contributed by atoms with E-state index in [1.807, 2.05) is 6.92 Å². The van der Waals surface area contributed by atoms with E-state index in [1.54, 1.807) is 42.5 Å². The van der Waals surface area contributed by atoms with Crippen LogP contribution in [0.3, 0.4) is 0 Å². The van der Waals surface area contributed by atoms with Crippen LogP contribution in [0.15, 0.2) is 71.2 Å². The molecule has 2 aromatic rings. The number of benzene rings is 2. The Morgan fingerprint density at radius 2 is 1.88 bits per heavy atom. The molecule has 0 aliphatic rings. The molecule has 2 aromatic carbocycles. The summed E-state index contributed by atoms with van der Waals surface area (Å²) in [6.07, 6.45) is 3.05. The zero-order chi connectivity index (χ0) is 18.1. The van der Waals surface area contributed by atoms with E-state index in [0.717, 1.165) is 0 Å². The second kappa shape index (κ2) is 8.89. The van der Waals surface area contributed by atoms with Gasteiger partial charge in [-0.2, -0.15) is 13.5 Å². The standard InChI is InChI=1S/C18H20N2O4S/c1-3-12-24-17-7-5-6-15(13-17)14-19-20-25(21,22)18-10-8-16(9-11-18)23-4-2/h3,5-11,13-14,20H,1,4,12H2,2H3/b19-14-. The van der Waals surface area contributed by atoms with Gasteiger partial charge < -0.3 is 9.47 Å². The molecule has 0 saturated carbocycles. The van der Waals surface area contributed by atoms with Gasteiger partial charge in [0.05, 0.1) is 17.7 Å². The van der Waals surface area contributed by atoms with Crippen LogP contribution < -0.4 is 14.3 Å². The highest BCUT2D eigenvalue weighted by Gasteiger charge is 2.12. The molecule has 0 saturated heterocycles. The molecule has 0 aromatic heterocycles. The summed E-state index contributed by atoms with van der Waals surface area (Å²) in [7, 11) is -3.73. The number of hydrogen-bond donors (Lipinski definition) is 1. The third-order valence-corrected chi connectivity index (χ3v) is 4.30. The van der Waals surface area contributed by atoms with E-state index in [-0.39, 0.29) is 4.90 Å². The SMILES string of the molecule is C=CCOc1cccc(/C=N\NS(=O)(=O)c2ccc(OCC)cc2)c1. The van der Waals surface area contributed by atoms with Crippen LogP contribution in [0.2, 0.25) is 0 Å². The van der Waals surface area contributed by atoms with Crippen LogP contribution in [-0.2, 0) is 10.0 Å². The van der Waals surface area contributed by atoms with Crippen molar-refractivity contribution in [3.05, 3.63) is 66.7 Å². The Morgan fingerprint density at radius 1 is 1.12 bits per heavy atom. The highest BCUT2D eigenvalue weighted by molar-refractivity contribution is 7.89. The lowest BCUT2D eigenvalue weighted by molar-refractivity contribution is 0.340. The van der Waals surface area contributed by atoms with Gasteiger partial charge in [-0.05, 0) is 48.9 Å². The number of sulfonamides is 1. The van der Waals surface area contributed by atoms with Gasteiger partial charge in [-0.15, -0.1) is 0 Å². The Morgan fingerprint density at radius 3 is 2.56 bits per heavy atom. The van der Waals surface area contributed by atoms with E-state index in [2.05, 4.69) is 16.5 Å². The van der Waals surface area contributed by atoms with Gasteiger partial charge in [-0.3, -0.25) is 0 Å². The lowest BCUT2D eigenvalue weighted by Crippen LogP contribution is -2.18. The smallest absolute Gasteiger partial charge is 0.276 e. The van der Waals surface area contributed by atoms with Crippen LogP contribution in [-0.4, -0.2) is 27.8 Å². The summed E-state index contributed by atoms with van der Waals surface area (Å²) < 4.78 is 35.1. The number of hydrazone groups is 1. The van der Waals surface area contributed by atoms with Crippen LogP contribution in [0.25, 0.3) is 0 Å². The Balaban J connectivity index is 2.03. The average molecular weight is 360 g/mol. The number of ether oxygens (including phenoxy) is 2. The molecular weight excluding hydrogens is 340 g/mol. The molecule has 1 N–H and O–H groups in total. The first-order valence-corrected chi connectivity index (χ1v) is 9.15. The average Bonchev–Trinajstić information content (AvgIpc) is 2.61. The van der Waals surface area contributed by atoms with E-state index >= 15 is 0 Å². The maximum atomic E-state index is 12.2. The van der Waals surface area contributed by atoms with Crippen molar-refractivity contribution in [3.8, 4) is 11.5 Å². The second-order valence-electron chi connectivity index (χ2n) is 4.93. The van der Waals surface area contributed by atoms with Crippen molar-refractivity contribution in [2.75, 3.05) is 13.2 Å². The summed E-state index contributed by atoms with van der Waals surface area (Å²) in [5.74, 6) is 1.26. The number of nitrogens with one attached hydrogen (secondary N) is 1. The molecule has 0 aliphatic carbocycles. The molecule has 7 heteroatoms. The molecular formula is C18H20N2O4S. The highest BCUT2D eigenvalue weighted by Crippen LogP contribution is 2.16. The van der Waals surface area contributed by atoms with Crippen molar-refractivity contribution < 1.29 is 17.9 Å². The molecule has 0 unspecified atom stereocenters. The van der Waals surface area contributed by atoms with Crippen molar-refractivity contribution in [2.45, 2.75) is 11.8 Å². The predicted octanol–water partition coefficient (Wildman–Crippen LogP) is 2.96. The monoisotopic (exact) mass is 360 g/mol. The zero-order valence-electron chi connectivity index (χ0n) is 13.9. The van der Waals surface area contributed by atoms with Gasteiger partial charge in [0, 0.05) is 0 Å². The molecule has 0 amide bonds. The summed E-state index contributed by atoms with van der Waals surface area (Å²) in [6.45, 7) is 6.35. The minimum absolute atomic E-state index is 0.108. The van der Waals surface area contributed by atoms with Crippen LogP contribution in [0.1, 0.15) is 12.5 Å². The Kier molecular flexibility index (Phi) is 6.59. The number of hydrogen-bond acceptors (Lipinski definition) is 5. The quantitative estimate of drug-likeness (QED) is 0.424. The highest BCUT2D eigenvalue weighted by atomic mass is 32.2. The fraction of sp³-hybridized carbons (Fsp3) is 0.167. The summed E-state index contributed by atoms with van der Waals surface area (Å²) in [5, 5.41) is 3.80. The van der Waals surface area contributed by atoms with Crippen LogP contribution in [0.5, 0.6) is 11.5 Å². The van der Waals surface area contributed by atoms with Crippen molar-refractivity contribution in [1.29, 1.82) is 0 Å². The van der Waals surface area contributed by atoms with Gasteiger partial charge in [0.2, 0.25) is 0 Å². The first kappa shape index (κ1) is 18.5. The van der Waals surface area contributed by atoms with E-state index < -0.39 is 10.0 Å². The molecule has 0 spiro atoms. The van der Waals surface area contributed by atoms with Crippen molar-refractivity contribution >= 4 is 16.2 Å². The molecule has 2 rings (SSSR count). The van der Waals surface area contributed by atoms with Gasteiger partial charge in [-0.25, -0.2) is 4.83 Å². The lowest BCUT2D eigenvalue weighted by Gasteiger charge is -2.06. The largest absolute Gasteiger partial charge is 0.494 e. The van der Waals surface area contributed by atoms with Gasteiger partial charge >= 0.3 is 0 Å². The molecule has 132 valence electrons. The topological polar surface area (TPSA) is 77.0 Å². The molecule has 0 radical (unpaired) electrons. The maximum Gasteiger partial charge on any atom is 0.276 e. The molecule has 0 aliphatic heterocycles. The van der Waals surface area contributed by atoms with Crippen LogP contribution in [0.4, 0.5) is 0 Å². The third kappa shape index (κ3) is 5.65. The third-order valence-electron chi connectivity index (χ3n) is 3.06. The molecule has 0 heterocycles. The Bertz CT molecular complexity index is 830. The maximum absolute atomic E-state index is 12.2. The summed E-state index contributed by atoms with van der Waals surface area (Å²) >= 11 is 0. The summed E-state index contributed by atoms with van der Waals surface area (Å²) in [4.78, 5) is 2.29. The van der Waals surface area contributed by atoms with E-state index in [0.29, 0.717) is 30.3 Å². The summed E-state index contributed by atoms with van der Waals surface area (Å²) in [6, 6.07) is 13.3. The van der Waals surface area contributed by atoms with E-state index in [9.17, 15) is 8.42 Å². The molecule has 6 nitrogen and oxygen atoms in total. The van der Waals surface area contributed by atoms with Crippen LogP contribution >= 0.6 is 0 Å².